The van der Waals surface area contributed by atoms with Gasteiger partial charge < -0.3 is 10.2 Å². The Morgan fingerprint density at radius 2 is 2.04 bits per heavy atom. The van der Waals surface area contributed by atoms with E-state index >= 15 is 0 Å². The second-order valence-corrected chi connectivity index (χ2v) is 5.66. The molecule has 9 heteroatoms. The van der Waals surface area contributed by atoms with Crippen LogP contribution in [0.4, 0.5) is 14.5 Å². The van der Waals surface area contributed by atoms with Crippen molar-refractivity contribution >= 4 is 23.2 Å². The van der Waals surface area contributed by atoms with Gasteiger partial charge in [-0.2, -0.15) is 9.78 Å². The predicted molar refractivity (Wildman–Crippen MR) is 86.5 cm³/mol. The van der Waals surface area contributed by atoms with Crippen molar-refractivity contribution in [1.82, 2.24) is 14.7 Å². The summed E-state index contributed by atoms with van der Waals surface area (Å²) in [5.74, 6) is -1.94. The average molecular weight is 357 g/mol. The van der Waals surface area contributed by atoms with Crippen molar-refractivity contribution in [3.05, 3.63) is 51.4 Å². The van der Waals surface area contributed by atoms with Gasteiger partial charge in [0.2, 0.25) is 5.91 Å². The number of carbonyl (C=O) groups is 1. The molecule has 0 saturated heterocycles. The van der Waals surface area contributed by atoms with Crippen molar-refractivity contribution in [2.24, 2.45) is 0 Å². The Morgan fingerprint density at radius 1 is 1.38 bits per heavy atom. The summed E-state index contributed by atoms with van der Waals surface area (Å²) < 4.78 is 27.5. The molecule has 6 nitrogen and oxygen atoms in total. The lowest BCUT2D eigenvalue weighted by Crippen LogP contribution is -2.37. The minimum atomic E-state index is -0.947. The van der Waals surface area contributed by atoms with Crippen LogP contribution in [-0.2, 0) is 4.79 Å². The molecule has 0 aliphatic carbocycles. The van der Waals surface area contributed by atoms with E-state index in [9.17, 15) is 18.4 Å². The van der Waals surface area contributed by atoms with Gasteiger partial charge in [0, 0.05) is 20.2 Å². The van der Waals surface area contributed by atoms with E-state index in [-0.39, 0.29) is 22.3 Å². The van der Waals surface area contributed by atoms with Gasteiger partial charge >= 0.3 is 0 Å². The standard InChI is InChI=1S/C15H15ClF2N4O2/c1-8(14(23)21(2)3)20-11-7-19-22(15(24)13(11)16)12-5-4-9(17)6-10(12)18/h4-8,20H,1-3H3/t8-/m0/s1. The maximum atomic E-state index is 13.8. The molecule has 2 rings (SSSR count). The Kier molecular flexibility index (Phi) is 5.18. The highest BCUT2D eigenvalue weighted by Crippen LogP contribution is 2.19. The van der Waals surface area contributed by atoms with Crippen LogP contribution in [0.5, 0.6) is 0 Å². The average Bonchev–Trinajstić information content (AvgIpc) is 2.52. The van der Waals surface area contributed by atoms with Crippen molar-refractivity contribution in [3.63, 3.8) is 0 Å². The quantitative estimate of drug-likeness (QED) is 0.910. The van der Waals surface area contributed by atoms with E-state index < -0.39 is 23.2 Å². The second kappa shape index (κ2) is 6.96. The second-order valence-electron chi connectivity index (χ2n) is 5.28. The number of benzene rings is 1. The summed E-state index contributed by atoms with van der Waals surface area (Å²) >= 11 is 6.00. The molecular weight excluding hydrogens is 342 g/mol. The minimum absolute atomic E-state index is 0.142. The van der Waals surface area contributed by atoms with Crippen LogP contribution in [0.15, 0.2) is 29.2 Å². The first kappa shape index (κ1) is 17.9. The molecule has 2 aromatic rings. The summed E-state index contributed by atoms with van der Waals surface area (Å²) in [5.41, 5.74) is -0.882. The lowest BCUT2D eigenvalue weighted by Gasteiger charge is -2.19. The molecule has 0 fully saturated rings. The molecule has 1 atom stereocenters. The van der Waals surface area contributed by atoms with E-state index in [0.717, 1.165) is 16.8 Å². The number of amides is 1. The first-order valence-electron chi connectivity index (χ1n) is 6.93. The summed E-state index contributed by atoms with van der Waals surface area (Å²) in [5, 5.41) is 6.35. The van der Waals surface area contributed by atoms with Crippen LogP contribution >= 0.6 is 11.6 Å². The van der Waals surface area contributed by atoms with E-state index in [2.05, 4.69) is 10.4 Å². The minimum Gasteiger partial charge on any atom is -0.371 e. The molecule has 0 unspecified atom stereocenters. The molecule has 0 radical (unpaired) electrons. The van der Waals surface area contributed by atoms with Gasteiger partial charge in [0.25, 0.3) is 5.56 Å². The monoisotopic (exact) mass is 356 g/mol. The van der Waals surface area contributed by atoms with Crippen molar-refractivity contribution in [2.75, 3.05) is 19.4 Å². The van der Waals surface area contributed by atoms with Gasteiger partial charge in [-0.05, 0) is 19.1 Å². The van der Waals surface area contributed by atoms with Gasteiger partial charge in [0.05, 0.1) is 11.9 Å². The number of nitrogens with zero attached hydrogens (tertiary/aromatic N) is 3. The Hall–Kier alpha value is -2.48. The first-order valence-corrected chi connectivity index (χ1v) is 7.31. The van der Waals surface area contributed by atoms with Crippen LogP contribution in [0.2, 0.25) is 5.02 Å². The third kappa shape index (κ3) is 3.53. The molecule has 0 aliphatic heterocycles. The molecule has 1 heterocycles. The van der Waals surface area contributed by atoms with Crippen LogP contribution in [0.25, 0.3) is 5.69 Å². The zero-order valence-electron chi connectivity index (χ0n) is 13.2. The highest BCUT2D eigenvalue weighted by molar-refractivity contribution is 6.33. The molecule has 1 amide bonds. The largest absolute Gasteiger partial charge is 0.371 e. The lowest BCUT2D eigenvalue weighted by atomic mass is 10.2. The molecule has 24 heavy (non-hydrogen) atoms. The van der Waals surface area contributed by atoms with Crippen LogP contribution in [0.1, 0.15) is 6.92 Å². The molecule has 0 saturated carbocycles. The fourth-order valence-corrected chi connectivity index (χ4v) is 2.22. The number of rotatable bonds is 4. The zero-order valence-corrected chi connectivity index (χ0v) is 13.9. The van der Waals surface area contributed by atoms with Crippen LogP contribution in [-0.4, -0.2) is 40.7 Å². The summed E-state index contributed by atoms with van der Waals surface area (Å²) in [6.45, 7) is 1.60. The van der Waals surface area contributed by atoms with E-state index in [1.807, 2.05) is 0 Å². The van der Waals surface area contributed by atoms with E-state index in [4.69, 9.17) is 11.6 Å². The number of halogens is 3. The van der Waals surface area contributed by atoms with Crippen LogP contribution in [0.3, 0.4) is 0 Å². The molecule has 0 spiro atoms. The van der Waals surface area contributed by atoms with Crippen molar-refractivity contribution < 1.29 is 13.6 Å². The Balaban J connectivity index is 2.39. The smallest absolute Gasteiger partial charge is 0.292 e. The topological polar surface area (TPSA) is 67.2 Å². The van der Waals surface area contributed by atoms with Gasteiger partial charge in [-0.3, -0.25) is 9.59 Å². The van der Waals surface area contributed by atoms with Gasteiger partial charge in [0.15, 0.2) is 5.82 Å². The third-order valence-electron chi connectivity index (χ3n) is 3.24. The van der Waals surface area contributed by atoms with Gasteiger partial charge in [-0.15, -0.1) is 0 Å². The molecule has 1 N–H and O–H groups in total. The SMILES string of the molecule is C[C@H](Nc1cnn(-c2ccc(F)cc2F)c(=O)c1Cl)C(=O)N(C)C. The van der Waals surface area contributed by atoms with Crippen LogP contribution in [0, 0.1) is 11.6 Å². The van der Waals surface area contributed by atoms with E-state index in [0.29, 0.717) is 6.07 Å². The Morgan fingerprint density at radius 3 is 2.62 bits per heavy atom. The fourth-order valence-electron chi connectivity index (χ4n) is 2.04. The van der Waals surface area contributed by atoms with Gasteiger partial charge in [-0.1, -0.05) is 11.6 Å². The number of likely N-dealkylation sites (N-methyl/N-ethyl adjacent to an activating group) is 1. The van der Waals surface area contributed by atoms with E-state index in [1.54, 1.807) is 21.0 Å². The lowest BCUT2D eigenvalue weighted by molar-refractivity contribution is -0.129. The normalized spacial score (nSPS) is 11.9. The number of hydrogen-bond donors (Lipinski definition) is 1. The predicted octanol–water partition coefficient (Wildman–Crippen LogP) is 2.05. The molecule has 128 valence electrons. The molecule has 0 bridgehead atoms. The van der Waals surface area contributed by atoms with Crippen molar-refractivity contribution in [2.45, 2.75) is 13.0 Å². The molecular formula is C15H15ClF2N4O2. The maximum absolute atomic E-state index is 13.8. The highest BCUT2D eigenvalue weighted by Gasteiger charge is 2.19. The summed E-state index contributed by atoms with van der Waals surface area (Å²) in [4.78, 5) is 25.5. The number of aromatic nitrogens is 2. The maximum Gasteiger partial charge on any atom is 0.292 e. The molecule has 0 aliphatic rings. The number of carbonyl (C=O) groups excluding carboxylic acids is 1. The molecule has 1 aromatic heterocycles. The summed E-state index contributed by atoms with van der Waals surface area (Å²) in [6.07, 6.45) is 1.20. The van der Waals surface area contributed by atoms with E-state index in [1.165, 1.54) is 11.1 Å². The number of hydrogen-bond acceptors (Lipinski definition) is 4. The fraction of sp³-hybridized carbons (Fsp3) is 0.267. The molecule has 1 aromatic carbocycles. The zero-order chi connectivity index (χ0) is 18.0. The van der Waals surface area contributed by atoms with Gasteiger partial charge in [-0.25, -0.2) is 8.78 Å². The summed E-state index contributed by atoms with van der Waals surface area (Å²) in [7, 11) is 3.19. The summed E-state index contributed by atoms with van der Waals surface area (Å²) in [6, 6.07) is 2.09. The van der Waals surface area contributed by atoms with Crippen LogP contribution < -0.4 is 10.9 Å². The Labute approximate surface area is 141 Å². The highest BCUT2D eigenvalue weighted by atomic mass is 35.5. The Bertz CT molecular complexity index is 839. The van der Waals surface area contributed by atoms with Crippen molar-refractivity contribution in [1.29, 1.82) is 0 Å². The number of nitrogens with one attached hydrogen (secondary N) is 1. The van der Waals surface area contributed by atoms with Gasteiger partial charge in [0.1, 0.15) is 22.6 Å². The first-order chi connectivity index (χ1) is 11.2. The third-order valence-corrected chi connectivity index (χ3v) is 3.61. The number of anilines is 1. The van der Waals surface area contributed by atoms with Crippen molar-refractivity contribution in [3.8, 4) is 5.69 Å².